The molecule has 88 heavy (non-hydrogen) atoms. The molecular weight excluding hydrogens is 1060 g/mol. The van der Waals surface area contributed by atoms with E-state index in [0.29, 0.717) is 50.5 Å². The minimum absolute atomic E-state index is 0.0902. The number of nitrogens with zero attached hydrogens (tertiary/aromatic N) is 4. The Morgan fingerprint density at radius 3 is 1.06 bits per heavy atom. The van der Waals surface area contributed by atoms with Crippen LogP contribution in [-0.2, 0) is 6.37 Å². The van der Waals surface area contributed by atoms with Gasteiger partial charge in [0.25, 0.3) is 6.71 Å². The van der Waals surface area contributed by atoms with Crippen LogP contribution in [0.15, 0.2) is 303 Å². The number of aromatic nitrogens is 2. The van der Waals surface area contributed by atoms with Crippen LogP contribution in [0.25, 0.3) is 99.5 Å². The Morgan fingerprint density at radius 1 is 0.341 bits per heavy atom. The highest BCUT2D eigenvalue weighted by atomic mass is 15.2. The zero-order valence-electron chi connectivity index (χ0n) is 66.0. The second-order valence-electron chi connectivity index (χ2n) is 23.4. The van der Waals surface area contributed by atoms with Crippen molar-refractivity contribution in [1.29, 1.82) is 0 Å². The first kappa shape index (κ1) is 36.2. The van der Waals surface area contributed by atoms with Crippen molar-refractivity contribution in [2.24, 2.45) is 5.41 Å². The third-order valence-corrected chi connectivity index (χ3v) is 17.0. The van der Waals surface area contributed by atoms with E-state index in [9.17, 15) is 13.7 Å². The van der Waals surface area contributed by atoms with Crippen LogP contribution < -0.4 is 26.2 Å². The molecule has 0 N–H and O–H groups in total. The molecule has 0 amide bonds. The molecule has 0 aliphatic carbocycles. The van der Waals surface area contributed by atoms with Crippen molar-refractivity contribution in [1.82, 2.24) is 9.13 Å². The summed E-state index contributed by atoms with van der Waals surface area (Å²) >= 11 is 0. The van der Waals surface area contributed by atoms with Gasteiger partial charge in [0.15, 0.2) is 0 Å². The lowest BCUT2D eigenvalue weighted by Crippen LogP contribution is -2.61. The van der Waals surface area contributed by atoms with Crippen LogP contribution in [0.4, 0.5) is 34.1 Å². The molecule has 17 rings (SSSR count). The lowest BCUT2D eigenvalue weighted by Gasteiger charge is -2.45. The highest BCUT2D eigenvalue weighted by Crippen LogP contribution is 2.51. The normalized spacial score (nSPS) is 15.7. The topological polar surface area (TPSA) is 16.3 Å². The highest BCUT2D eigenvalue weighted by Gasteiger charge is 2.45. The summed E-state index contributed by atoms with van der Waals surface area (Å²) in [5, 5.41) is -0.421. The third-order valence-electron chi connectivity index (χ3n) is 17.0. The maximum Gasteiger partial charge on any atom is 0.252 e. The van der Waals surface area contributed by atoms with Gasteiger partial charge in [-0.05, 0) is 140 Å². The van der Waals surface area contributed by atoms with Gasteiger partial charge in [-0.2, -0.15) is 0 Å². The average Bonchev–Trinajstić information content (AvgIpc) is 1.23. The van der Waals surface area contributed by atoms with Crippen LogP contribution >= 0.6 is 0 Å². The van der Waals surface area contributed by atoms with Gasteiger partial charge in [-0.25, -0.2) is 0 Å². The van der Waals surface area contributed by atoms with Gasteiger partial charge in [-0.15, -0.1) is 0 Å². The number of hydrogen-bond donors (Lipinski definition) is 0. The molecule has 5 heteroatoms. The third kappa shape index (κ3) is 8.37. The van der Waals surface area contributed by atoms with E-state index in [2.05, 4.69) is 46.2 Å². The van der Waals surface area contributed by atoms with Crippen LogP contribution in [0, 0.1) is 5.41 Å². The number of benzene rings is 13. The number of hydrogen-bond acceptors (Lipinski definition) is 2. The van der Waals surface area contributed by atoms with Gasteiger partial charge in [0.1, 0.15) is 0 Å². The van der Waals surface area contributed by atoms with E-state index in [1.807, 2.05) is 178 Å². The summed E-state index contributed by atoms with van der Waals surface area (Å²) in [6.45, 7) is 4.70. The van der Waals surface area contributed by atoms with Crippen molar-refractivity contribution >= 4 is 101 Å². The molecule has 13 aromatic carbocycles. The van der Waals surface area contributed by atoms with E-state index in [1.54, 1.807) is 12.1 Å². The molecule has 416 valence electrons. The van der Waals surface area contributed by atoms with Crippen LogP contribution in [0.3, 0.4) is 0 Å². The van der Waals surface area contributed by atoms with Crippen LogP contribution in [-0.4, -0.2) is 15.8 Å². The predicted octanol–water partition coefficient (Wildman–Crippen LogP) is 20.2. The van der Waals surface area contributed by atoms with Gasteiger partial charge in [-0.3, -0.25) is 0 Å². The minimum atomic E-state index is -2.15. The van der Waals surface area contributed by atoms with Gasteiger partial charge < -0.3 is 18.9 Å². The highest BCUT2D eigenvalue weighted by molar-refractivity contribution is 7.00. The number of rotatable bonds is 9. The molecule has 0 radical (unpaired) electrons. The van der Waals surface area contributed by atoms with Crippen molar-refractivity contribution in [3.8, 4) is 55.9 Å². The summed E-state index contributed by atoms with van der Waals surface area (Å²) in [5.41, 5.74) is 11.2. The number of anilines is 6. The molecular formula is C83H61BN4. The molecule has 2 aliphatic rings. The Balaban J connectivity index is 1.08. The monoisotopic (exact) mass is 1140 g/mol. The molecule has 0 bridgehead atoms. The lowest BCUT2D eigenvalue weighted by atomic mass is 9.33. The fourth-order valence-electron chi connectivity index (χ4n) is 13.4. The smallest absolute Gasteiger partial charge is 0.252 e. The first-order chi connectivity index (χ1) is 50.7. The summed E-state index contributed by atoms with van der Waals surface area (Å²) in [7, 11) is 0. The SMILES string of the molecule is [2H]c1c([2H])c([2H])c2c(c1[2H])c1c([2H])c([2H])c([2H])c([2H])c1n2-c1ccc2c(c1)N(c1cc(-c3ccccc3)ccc1-c1ccccc1)c1cc(C([2H])([2H])C(C)(C)C)cc3c1B2c1ccc(-n2c4c([2H])c([2H])c([2H])c([2H])c4c4c([2H])c([2H])c([2H])c([2H])c42)cc1N3c1cc(-c2ccccc2)ccc1-c1ccccc1. The van der Waals surface area contributed by atoms with Gasteiger partial charge in [0.05, 0.1) is 55.4 Å². The summed E-state index contributed by atoms with van der Waals surface area (Å²) in [6, 6.07) is 58.4. The number of para-hydroxylation sites is 4. The maximum absolute atomic E-state index is 10.6. The summed E-state index contributed by atoms with van der Waals surface area (Å²) in [4.78, 5) is 4.25. The zero-order valence-corrected chi connectivity index (χ0v) is 48.0. The van der Waals surface area contributed by atoms with Crippen molar-refractivity contribution in [3.63, 3.8) is 0 Å². The average molecular weight is 1140 g/mol. The number of fused-ring (bicyclic) bond motifs is 10. The fourth-order valence-corrected chi connectivity index (χ4v) is 13.4. The maximum atomic E-state index is 10.6. The van der Waals surface area contributed by atoms with Gasteiger partial charge >= 0.3 is 0 Å². The Hall–Kier alpha value is -10.9. The van der Waals surface area contributed by atoms with E-state index in [1.165, 1.54) is 9.13 Å². The van der Waals surface area contributed by atoms with Crippen molar-refractivity contribution in [2.75, 3.05) is 9.80 Å². The first-order valence-electron chi connectivity index (χ1n) is 38.3. The molecule has 4 heterocycles. The summed E-state index contributed by atoms with van der Waals surface area (Å²) in [5.74, 6) is 0. The molecule has 0 atom stereocenters. The largest absolute Gasteiger partial charge is 0.311 e. The van der Waals surface area contributed by atoms with E-state index in [0.717, 1.165) is 44.5 Å². The van der Waals surface area contributed by atoms with Gasteiger partial charge in [-0.1, -0.05) is 251 Å². The van der Waals surface area contributed by atoms with Crippen LogP contribution in [0.2, 0.25) is 0 Å². The molecule has 0 unspecified atom stereocenters. The molecule has 2 aromatic heterocycles. The van der Waals surface area contributed by atoms with E-state index < -0.39 is 115 Å². The van der Waals surface area contributed by atoms with Gasteiger partial charge in [0, 0.05) is 69.5 Å². The Bertz CT molecular complexity index is 5800. The van der Waals surface area contributed by atoms with E-state index in [4.69, 9.17) is 11.0 Å². The molecule has 4 nitrogen and oxygen atoms in total. The predicted molar refractivity (Wildman–Crippen MR) is 374 cm³/mol. The first-order valence-corrected chi connectivity index (χ1v) is 29.3. The van der Waals surface area contributed by atoms with Crippen molar-refractivity contribution < 1.29 is 24.7 Å². The second-order valence-corrected chi connectivity index (χ2v) is 23.4. The molecule has 15 aromatic rings. The molecule has 2 aliphatic heterocycles. The van der Waals surface area contributed by atoms with E-state index >= 15 is 0 Å². The minimum Gasteiger partial charge on any atom is -0.311 e. The lowest BCUT2D eigenvalue weighted by molar-refractivity contribution is 0.411. The second kappa shape index (κ2) is 20.4. The van der Waals surface area contributed by atoms with Crippen LogP contribution in [0.1, 0.15) is 51.0 Å². The molecule has 0 fully saturated rings. The summed E-state index contributed by atoms with van der Waals surface area (Å²) < 4.78 is 173. The standard InChI is InChI=1S/C83H61BN4/c1-83(2,3)54-55-48-80-82-81(49-55)88(77-51-61(57-26-10-5-11-27-57)41-45-65(77)59-30-14-7-15-31-59)79-53-63(86-74-38-22-18-34-68(74)69-35-19-23-39-75(69)86)43-47-71(79)84(82)70-46-42-62(85-72-36-20-16-32-66(72)67-33-17-21-37-73(67)85)52-78(70)87(80)76-50-60(56-24-8-4-9-25-56)40-44-64(76)58-28-12-6-13-29-58/h4-53H,54H2,1-3H3/i16D,17D,18D,19D,20D,21D,22D,23D,32D,33D,34D,35D,36D,37D,38D,39D,54D2. The summed E-state index contributed by atoms with van der Waals surface area (Å²) in [6.07, 6.45) is -2.15. The van der Waals surface area contributed by atoms with Crippen molar-refractivity contribution in [2.45, 2.75) is 27.1 Å². The van der Waals surface area contributed by atoms with Gasteiger partial charge in [0.2, 0.25) is 0 Å². The molecule has 0 saturated heterocycles. The van der Waals surface area contributed by atoms with E-state index in [-0.39, 0.29) is 60.5 Å². The quantitative estimate of drug-likeness (QED) is 0.134. The zero-order chi connectivity index (χ0) is 74.3. The Kier molecular flexibility index (Phi) is 8.39. The van der Waals surface area contributed by atoms with Crippen molar-refractivity contribution in [3.05, 3.63) is 308 Å². The molecule has 0 spiro atoms. The Morgan fingerprint density at radius 2 is 0.693 bits per heavy atom. The molecule has 0 saturated carbocycles. The fraction of sp³-hybridized carbons (Fsp3) is 0.0602. The Labute approximate surface area is 539 Å². The van der Waals surface area contributed by atoms with Crippen LogP contribution in [0.5, 0.6) is 0 Å².